The standard InChI is InChI=1S/C26H23N7O/c1-18-9-11-20(12-10-18)33-25-23(29-30-33)24(27-17-28-25)31-13-15-32(16-14-31)26(34)22-8-4-6-19-5-2-3-7-21(19)22/h2-12,17H,13-16H2,1H3. The molecule has 0 atom stereocenters. The molecule has 0 bridgehead atoms. The first kappa shape index (κ1) is 20.3. The summed E-state index contributed by atoms with van der Waals surface area (Å²) in [5.74, 6) is 0.815. The molecule has 168 valence electrons. The average molecular weight is 450 g/mol. The van der Waals surface area contributed by atoms with Gasteiger partial charge in [0.1, 0.15) is 6.33 Å². The van der Waals surface area contributed by atoms with E-state index in [1.54, 1.807) is 11.0 Å². The number of fused-ring (bicyclic) bond motifs is 2. The molecule has 3 aromatic carbocycles. The number of rotatable bonds is 3. The van der Waals surface area contributed by atoms with E-state index < -0.39 is 0 Å². The van der Waals surface area contributed by atoms with E-state index in [4.69, 9.17) is 0 Å². The molecule has 0 unspecified atom stereocenters. The van der Waals surface area contributed by atoms with Crippen LogP contribution < -0.4 is 4.90 Å². The molecule has 0 N–H and O–H groups in total. The molecule has 0 aliphatic carbocycles. The first-order valence-electron chi connectivity index (χ1n) is 11.3. The lowest BCUT2D eigenvalue weighted by Crippen LogP contribution is -2.49. The molecule has 8 heteroatoms. The second kappa shape index (κ2) is 8.22. The van der Waals surface area contributed by atoms with Gasteiger partial charge in [0.05, 0.1) is 5.69 Å². The molecule has 2 aromatic heterocycles. The number of carbonyl (C=O) groups excluding carboxylic acids is 1. The van der Waals surface area contributed by atoms with Gasteiger partial charge in [0, 0.05) is 31.7 Å². The second-order valence-corrected chi connectivity index (χ2v) is 8.51. The number of aryl methyl sites for hydroxylation is 1. The molecule has 1 aliphatic heterocycles. The van der Waals surface area contributed by atoms with Crippen molar-refractivity contribution in [3.8, 4) is 5.69 Å². The monoisotopic (exact) mass is 449 g/mol. The molecule has 0 saturated carbocycles. The minimum Gasteiger partial charge on any atom is -0.351 e. The maximum atomic E-state index is 13.3. The van der Waals surface area contributed by atoms with Crippen LogP contribution in [-0.2, 0) is 0 Å². The fourth-order valence-corrected chi connectivity index (χ4v) is 4.53. The molecule has 34 heavy (non-hydrogen) atoms. The number of aromatic nitrogens is 5. The van der Waals surface area contributed by atoms with Gasteiger partial charge in [0.2, 0.25) is 0 Å². The molecule has 1 aliphatic rings. The molecule has 6 rings (SSSR count). The van der Waals surface area contributed by atoms with Gasteiger partial charge in [-0.05, 0) is 35.9 Å². The Bertz CT molecular complexity index is 1500. The summed E-state index contributed by atoms with van der Waals surface area (Å²) in [7, 11) is 0. The number of carbonyl (C=O) groups is 1. The molecule has 1 saturated heterocycles. The second-order valence-electron chi connectivity index (χ2n) is 8.51. The van der Waals surface area contributed by atoms with Gasteiger partial charge in [-0.25, -0.2) is 9.97 Å². The van der Waals surface area contributed by atoms with Crippen molar-refractivity contribution in [1.29, 1.82) is 0 Å². The van der Waals surface area contributed by atoms with Gasteiger partial charge in [-0.1, -0.05) is 59.3 Å². The van der Waals surface area contributed by atoms with Crippen molar-refractivity contribution in [2.75, 3.05) is 31.1 Å². The minimum atomic E-state index is 0.0644. The summed E-state index contributed by atoms with van der Waals surface area (Å²) in [4.78, 5) is 26.3. The Morgan fingerprint density at radius 1 is 0.853 bits per heavy atom. The van der Waals surface area contributed by atoms with E-state index in [1.165, 1.54) is 5.56 Å². The highest BCUT2D eigenvalue weighted by molar-refractivity contribution is 6.07. The van der Waals surface area contributed by atoms with Crippen molar-refractivity contribution in [2.24, 2.45) is 0 Å². The number of anilines is 1. The molecule has 1 fully saturated rings. The summed E-state index contributed by atoms with van der Waals surface area (Å²) < 4.78 is 1.74. The van der Waals surface area contributed by atoms with Crippen LogP contribution in [0.25, 0.3) is 27.6 Å². The Morgan fingerprint density at radius 3 is 2.44 bits per heavy atom. The lowest BCUT2D eigenvalue weighted by Gasteiger charge is -2.35. The van der Waals surface area contributed by atoms with E-state index in [1.807, 2.05) is 78.6 Å². The van der Waals surface area contributed by atoms with E-state index in [-0.39, 0.29) is 5.91 Å². The van der Waals surface area contributed by atoms with Crippen LogP contribution in [0.1, 0.15) is 15.9 Å². The van der Waals surface area contributed by atoms with Gasteiger partial charge >= 0.3 is 0 Å². The smallest absolute Gasteiger partial charge is 0.254 e. The van der Waals surface area contributed by atoms with Crippen molar-refractivity contribution < 1.29 is 4.79 Å². The summed E-state index contributed by atoms with van der Waals surface area (Å²) in [5, 5.41) is 10.8. The average Bonchev–Trinajstić information content (AvgIpc) is 3.33. The Kier molecular flexibility index (Phi) is 4.91. The van der Waals surface area contributed by atoms with Crippen molar-refractivity contribution >= 4 is 33.7 Å². The van der Waals surface area contributed by atoms with Crippen LogP contribution in [0.3, 0.4) is 0 Å². The Morgan fingerprint density at radius 2 is 1.62 bits per heavy atom. The van der Waals surface area contributed by atoms with Gasteiger partial charge in [-0.2, -0.15) is 4.68 Å². The number of piperazine rings is 1. The molecule has 5 aromatic rings. The minimum absolute atomic E-state index is 0.0644. The van der Waals surface area contributed by atoms with Gasteiger partial charge in [-0.15, -0.1) is 5.10 Å². The van der Waals surface area contributed by atoms with Crippen LogP contribution in [0.4, 0.5) is 5.82 Å². The molecular formula is C26H23N7O. The van der Waals surface area contributed by atoms with Gasteiger partial charge in [0.15, 0.2) is 17.0 Å². The highest BCUT2D eigenvalue weighted by atomic mass is 16.2. The van der Waals surface area contributed by atoms with Crippen LogP contribution in [-0.4, -0.2) is 61.9 Å². The summed E-state index contributed by atoms with van der Waals surface area (Å²) >= 11 is 0. The van der Waals surface area contributed by atoms with Crippen molar-refractivity contribution in [2.45, 2.75) is 6.92 Å². The summed E-state index contributed by atoms with van der Waals surface area (Å²) in [6.07, 6.45) is 1.55. The van der Waals surface area contributed by atoms with Crippen molar-refractivity contribution in [3.63, 3.8) is 0 Å². The fraction of sp³-hybridized carbons (Fsp3) is 0.192. The molecular weight excluding hydrogens is 426 g/mol. The van der Waals surface area contributed by atoms with Gasteiger partial charge in [-0.3, -0.25) is 4.79 Å². The maximum Gasteiger partial charge on any atom is 0.254 e. The number of hydrogen-bond acceptors (Lipinski definition) is 6. The van der Waals surface area contributed by atoms with Crippen LogP contribution >= 0.6 is 0 Å². The Labute approximate surface area is 196 Å². The van der Waals surface area contributed by atoms with Crippen LogP contribution in [0.2, 0.25) is 0 Å². The van der Waals surface area contributed by atoms with Crippen molar-refractivity contribution in [1.82, 2.24) is 29.9 Å². The highest BCUT2D eigenvalue weighted by Gasteiger charge is 2.26. The normalized spacial score (nSPS) is 14.1. The summed E-state index contributed by atoms with van der Waals surface area (Å²) in [6, 6.07) is 22.0. The van der Waals surface area contributed by atoms with Crippen LogP contribution in [0.15, 0.2) is 73.1 Å². The van der Waals surface area contributed by atoms with E-state index in [2.05, 4.69) is 25.2 Å². The number of benzene rings is 3. The zero-order valence-electron chi connectivity index (χ0n) is 18.8. The number of hydrogen-bond donors (Lipinski definition) is 0. The number of amides is 1. The van der Waals surface area contributed by atoms with E-state index in [0.29, 0.717) is 37.3 Å². The lowest BCUT2D eigenvalue weighted by atomic mass is 10.0. The zero-order chi connectivity index (χ0) is 23.1. The van der Waals surface area contributed by atoms with E-state index >= 15 is 0 Å². The largest absolute Gasteiger partial charge is 0.351 e. The third-order valence-corrected chi connectivity index (χ3v) is 6.38. The highest BCUT2D eigenvalue weighted by Crippen LogP contribution is 2.25. The molecule has 0 spiro atoms. The summed E-state index contributed by atoms with van der Waals surface area (Å²) in [5.41, 5.74) is 4.17. The predicted octanol–water partition coefficient (Wildman–Crippen LogP) is 3.63. The van der Waals surface area contributed by atoms with Crippen LogP contribution in [0.5, 0.6) is 0 Å². The molecule has 3 heterocycles. The predicted molar refractivity (Wildman–Crippen MR) is 131 cm³/mol. The Balaban J connectivity index is 1.24. The SMILES string of the molecule is Cc1ccc(-n2nnc3c(N4CCN(C(=O)c5cccc6ccccc56)CC4)ncnc32)cc1. The topological polar surface area (TPSA) is 80.0 Å². The molecule has 1 amide bonds. The maximum absolute atomic E-state index is 13.3. The van der Waals surface area contributed by atoms with E-state index in [0.717, 1.165) is 27.8 Å². The first-order valence-corrected chi connectivity index (χ1v) is 11.3. The molecule has 0 radical (unpaired) electrons. The summed E-state index contributed by atoms with van der Waals surface area (Å²) in [6.45, 7) is 4.60. The quantitative estimate of drug-likeness (QED) is 0.418. The van der Waals surface area contributed by atoms with Crippen molar-refractivity contribution in [3.05, 3.63) is 84.2 Å². The Hall–Kier alpha value is -4.33. The lowest BCUT2D eigenvalue weighted by molar-refractivity contribution is 0.0748. The molecule has 8 nitrogen and oxygen atoms in total. The van der Waals surface area contributed by atoms with Crippen LogP contribution in [0, 0.1) is 6.92 Å². The van der Waals surface area contributed by atoms with E-state index in [9.17, 15) is 4.79 Å². The third kappa shape index (κ3) is 3.44. The zero-order valence-corrected chi connectivity index (χ0v) is 18.8. The number of nitrogens with zero attached hydrogens (tertiary/aromatic N) is 7. The van der Waals surface area contributed by atoms with Gasteiger partial charge < -0.3 is 9.80 Å². The third-order valence-electron chi connectivity index (χ3n) is 6.38. The fourth-order valence-electron chi connectivity index (χ4n) is 4.53. The van der Waals surface area contributed by atoms with Gasteiger partial charge in [0.25, 0.3) is 5.91 Å². The first-order chi connectivity index (χ1) is 16.7.